The molecule has 0 bridgehead atoms. The Morgan fingerprint density at radius 3 is 2.68 bits per heavy atom. The van der Waals surface area contributed by atoms with E-state index in [0.29, 0.717) is 16.5 Å². The van der Waals surface area contributed by atoms with E-state index >= 15 is 0 Å². The molecule has 2 aromatic carbocycles. The van der Waals surface area contributed by atoms with Crippen molar-refractivity contribution in [1.82, 2.24) is 4.98 Å². The van der Waals surface area contributed by atoms with Crippen LogP contribution in [0.5, 0.6) is 17.2 Å². The van der Waals surface area contributed by atoms with E-state index in [1.54, 1.807) is 12.1 Å². The van der Waals surface area contributed by atoms with Gasteiger partial charge in [0.1, 0.15) is 0 Å². The number of nitrogens with two attached hydrogens (primary N) is 2. The summed E-state index contributed by atoms with van der Waals surface area (Å²) in [7, 11) is 1.41. The average molecular weight is 343 g/mol. The Hall–Kier alpha value is -3.35. The van der Waals surface area contributed by atoms with Crippen LogP contribution in [0.1, 0.15) is 11.3 Å². The van der Waals surface area contributed by atoms with E-state index in [2.05, 4.69) is 4.98 Å². The fourth-order valence-electron chi connectivity index (χ4n) is 2.63. The van der Waals surface area contributed by atoms with Crippen molar-refractivity contribution in [3.63, 3.8) is 0 Å². The Labute approximate surface area is 143 Å². The maximum absolute atomic E-state index is 14.7. The number of H-pyrrole nitrogens is 1. The van der Waals surface area contributed by atoms with Crippen LogP contribution in [0.2, 0.25) is 0 Å². The van der Waals surface area contributed by atoms with E-state index < -0.39 is 5.82 Å². The first kappa shape index (κ1) is 16.5. The molecular weight excluding hydrogens is 325 g/mol. The van der Waals surface area contributed by atoms with E-state index in [-0.39, 0.29) is 28.7 Å². The van der Waals surface area contributed by atoms with E-state index in [1.807, 2.05) is 6.92 Å². The number of aromatic amines is 1. The van der Waals surface area contributed by atoms with E-state index in [0.717, 1.165) is 5.69 Å². The summed E-state index contributed by atoms with van der Waals surface area (Å²) in [6.45, 7) is 1.84. The second-order valence-corrected chi connectivity index (χ2v) is 5.54. The maximum Gasteiger partial charge on any atom is 0.175 e. The summed E-state index contributed by atoms with van der Waals surface area (Å²) < 4.78 is 25.4. The second kappa shape index (κ2) is 6.27. The van der Waals surface area contributed by atoms with Crippen molar-refractivity contribution in [2.45, 2.75) is 6.92 Å². The molecule has 6 N–H and O–H groups in total. The second-order valence-electron chi connectivity index (χ2n) is 5.54. The molecule has 0 aliphatic rings. The molecule has 3 aromatic rings. The SMILES string of the molecule is COc1cc(/C(=C\N)Oc2ccc3[nH]c(C)cc3c2F)c(N)cc1O. The first-order valence-corrected chi connectivity index (χ1v) is 7.49. The number of nitrogen functional groups attached to an aromatic ring is 1. The molecule has 1 heterocycles. The Bertz CT molecular complexity index is 979. The Morgan fingerprint density at radius 1 is 1.24 bits per heavy atom. The Kier molecular flexibility index (Phi) is 4.14. The monoisotopic (exact) mass is 343 g/mol. The number of methoxy groups -OCH3 is 1. The van der Waals surface area contributed by atoms with Crippen molar-refractivity contribution in [1.29, 1.82) is 0 Å². The van der Waals surface area contributed by atoms with Crippen LogP contribution >= 0.6 is 0 Å². The zero-order valence-corrected chi connectivity index (χ0v) is 13.8. The summed E-state index contributed by atoms with van der Waals surface area (Å²) in [6, 6.07) is 7.71. The molecule has 0 aliphatic heterocycles. The predicted octanol–water partition coefficient (Wildman–Crippen LogP) is 3.25. The number of phenols is 1. The number of benzene rings is 2. The minimum Gasteiger partial charge on any atom is -0.504 e. The lowest BCUT2D eigenvalue weighted by atomic mass is 10.1. The van der Waals surface area contributed by atoms with Crippen LogP contribution in [0.15, 0.2) is 36.5 Å². The number of fused-ring (bicyclic) bond motifs is 1. The van der Waals surface area contributed by atoms with Crippen molar-refractivity contribution in [3.05, 3.63) is 53.6 Å². The van der Waals surface area contributed by atoms with Gasteiger partial charge in [-0.25, -0.2) is 4.39 Å². The molecule has 130 valence electrons. The number of ether oxygens (including phenoxy) is 2. The predicted molar refractivity (Wildman–Crippen MR) is 94.9 cm³/mol. The standard InChI is InChI=1S/C18H18FN3O3/c1-9-5-11-13(22-9)3-4-15(18(11)19)25-17(8-20)10-6-16(24-2)14(23)7-12(10)21/h3-8,22-23H,20-21H2,1-2H3/b17-8+. The van der Waals surface area contributed by atoms with Gasteiger partial charge in [0.2, 0.25) is 0 Å². The zero-order chi connectivity index (χ0) is 18.1. The molecule has 0 fully saturated rings. The number of hydrogen-bond donors (Lipinski definition) is 4. The lowest BCUT2D eigenvalue weighted by Gasteiger charge is -2.14. The highest BCUT2D eigenvalue weighted by Gasteiger charge is 2.17. The summed E-state index contributed by atoms with van der Waals surface area (Å²) in [5, 5.41) is 10.2. The van der Waals surface area contributed by atoms with E-state index in [9.17, 15) is 9.50 Å². The van der Waals surface area contributed by atoms with Gasteiger partial charge in [0.25, 0.3) is 0 Å². The molecule has 7 heteroatoms. The fraction of sp³-hybridized carbons (Fsp3) is 0.111. The minimum absolute atomic E-state index is 0.00893. The van der Waals surface area contributed by atoms with Gasteiger partial charge in [-0.1, -0.05) is 0 Å². The van der Waals surface area contributed by atoms with Crippen LogP contribution in [-0.2, 0) is 0 Å². The number of rotatable bonds is 4. The number of phenolic OH excluding ortho intramolecular Hbond substituents is 1. The van der Waals surface area contributed by atoms with E-state index in [4.69, 9.17) is 20.9 Å². The van der Waals surface area contributed by atoms with Gasteiger partial charge in [-0.3, -0.25) is 0 Å². The van der Waals surface area contributed by atoms with Gasteiger partial charge in [-0.2, -0.15) is 0 Å². The van der Waals surface area contributed by atoms with Gasteiger partial charge < -0.3 is 31.0 Å². The number of aryl methyl sites for hydroxylation is 1. The van der Waals surface area contributed by atoms with Crippen molar-refractivity contribution < 1.29 is 19.0 Å². The zero-order valence-electron chi connectivity index (χ0n) is 13.8. The highest BCUT2D eigenvalue weighted by Crippen LogP contribution is 2.36. The van der Waals surface area contributed by atoms with Crippen molar-refractivity contribution in [3.8, 4) is 17.2 Å². The lowest BCUT2D eigenvalue weighted by Crippen LogP contribution is -2.04. The molecule has 0 atom stereocenters. The molecule has 1 aromatic heterocycles. The Morgan fingerprint density at radius 2 is 2.00 bits per heavy atom. The summed E-state index contributed by atoms with van der Waals surface area (Å²) in [4.78, 5) is 3.06. The van der Waals surface area contributed by atoms with Crippen LogP contribution in [0, 0.1) is 12.7 Å². The fourth-order valence-corrected chi connectivity index (χ4v) is 2.63. The third-order valence-electron chi connectivity index (χ3n) is 3.82. The van der Waals surface area contributed by atoms with Gasteiger partial charge >= 0.3 is 0 Å². The molecule has 25 heavy (non-hydrogen) atoms. The number of halogens is 1. The van der Waals surface area contributed by atoms with Gasteiger partial charge in [0.05, 0.1) is 7.11 Å². The topological polar surface area (TPSA) is 107 Å². The quantitative estimate of drug-likeness (QED) is 0.430. The van der Waals surface area contributed by atoms with Gasteiger partial charge in [0.15, 0.2) is 28.8 Å². The average Bonchev–Trinajstić information content (AvgIpc) is 2.96. The largest absolute Gasteiger partial charge is 0.504 e. The number of hydrogen-bond acceptors (Lipinski definition) is 5. The molecular formula is C18H18FN3O3. The highest BCUT2D eigenvalue weighted by atomic mass is 19.1. The normalized spacial score (nSPS) is 11.7. The lowest BCUT2D eigenvalue weighted by molar-refractivity contribution is 0.373. The minimum atomic E-state index is -0.509. The van der Waals surface area contributed by atoms with Crippen LogP contribution in [-0.4, -0.2) is 17.2 Å². The smallest absolute Gasteiger partial charge is 0.175 e. The van der Waals surface area contributed by atoms with Crippen molar-refractivity contribution >= 4 is 22.3 Å². The molecule has 0 spiro atoms. The third kappa shape index (κ3) is 2.91. The maximum atomic E-state index is 14.7. The van der Waals surface area contributed by atoms with Crippen LogP contribution < -0.4 is 20.9 Å². The molecule has 0 aliphatic carbocycles. The third-order valence-corrected chi connectivity index (χ3v) is 3.82. The summed E-state index contributed by atoms with van der Waals surface area (Å²) in [5.74, 6) is -0.277. The molecule has 0 unspecified atom stereocenters. The number of aromatic nitrogens is 1. The van der Waals surface area contributed by atoms with Gasteiger partial charge in [-0.05, 0) is 31.2 Å². The summed E-state index contributed by atoms with van der Waals surface area (Å²) in [5.41, 5.74) is 13.7. The number of aromatic hydroxyl groups is 1. The van der Waals surface area contributed by atoms with Crippen LogP contribution in [0.4, 0.5) is 10.1 Å². The molecule has 6 nitrogen and oxygen atoms in total. The summed E-state index contributed by atoms with van der Waals surface area (Å²) >= 11 is 0. The molecule has 0 radical (unpaired) electrons. The van der Waals surface area contributed by atoms with Crippen LogP contribution in [0.3, 0.4) is 0 Å². The van der Waals surface area contributed by atoms with Gasteiger partial charge in [-0.15, -0.1) is 0 Å². The molecule has 0 saturated heterocycles. The number of nitrogens with one attached hydrogen (secondary N) is 1. The van der Waals surface area contributed by atoms with E-state index in [1.165, 1.54) is 31.5 Å². The van der Waals surface area contributed by atoms with Crippen molar-refractivity contribution in [2.24, 2.45) is 5.73 Å². The van der Waals surface area contributed by atoms with Gasteiger partial charge in [0, 0.05) is 40.1 Å². The highest BCUT2D eigenvalue weighted by molar-refractivity contribution is 5.83. The summed E-state index contributed by atoms with van der Waals surface area (Å²) in [6.07, 6.45) is 1.17. The Balaban J connectivity index is 2.03. The molecule has 3 rings (SSSR count). The first-order valence-electron chi connectivity index (χ1n) is 7.49. The number of anilines is 1. The van der Waals surface area contributed by atoms with Crippen LogP contribution in [0.25, 0.3) is 16.7 Å². The first-order chi connectivity index (χ1) is 11.9. The molecule has 0 amide bonds. The van der Waals surface area contributed by atoms with Crippen molar-refractivity contribution in [2.75, 3.05) is 12.8 Å². The molecule has 0 saturated carbocycles.